The molecule has 4 rings (SSSR count). The van der Waals surface area contributed by atoms with Crippen LogP contribution in [0.4, 0.5) is 0 Å². The average molecular weight is 339 g/mol. The zero-order valence-corrected chi connectivity index (χ0v) is 13.3. The first kappa shape index (κ1) is 14.5. The van der Waals surface area contributed by atoms with Crippen molar-refractivity contribution in [1.29, 1.82) is 0 Å². The van der Waals surface area contributed by atoms with E-state index in [0.717, 1.165) is 11.4 Å². The van der Waals surface area contributed by atoms with Gasteiger partial charge in [0.05, 0.1) is 28.2 Å². The van der Waals surface area contributed by atoms with E-state index in [1.807, 2.05) is 37.3 Å². The lowest BCUT2D eigenvalue weighted by molar-refractivity contribution is 0.581. The molecule has 3 heterocycles. The van der Waals surface area contributed by atoms with E-state index in [0.29, 0.717) is 22.2 Å². The summed E-state index contributed by atoms with van der Waals surface area (Å²) in [4.78, 5) is 4.08. The van der Waals surface area contributed by atoms with Gasteiger partial charge in [-0.1, -0.05) is 28.9 Å². The Morgan fingerprint density at radius 1 is 1.00 bits per heavy atom. The first-order valence-electron chi connectivity index (χ1n) is 7.15. The Kier molecular flexibility index (Phi) is 3.55. The van der Waals surface area contributed by atoms with E-state index in [2.05, 4.69) is 25.5 Å². The third-order valence-corrected chi connectivity index (χ3v) is 3.85. The fourth-order valence-electron chi connectivity index (χ4n) is 2.31. The van der Waals surface area contributed by atoms with Gasteiger partial charge in [-0.15, -0.1) is 15.3 Å². The van der Waals surface area contributed by atoms with Crippen molar-refractivity contribution in [1.82, 2.24) is 30.2 Å². The number of rotatable bonds is 3. The van der Waals surface area contributed by atoms with Crippen LogP contribution < -0.4 is 0 Å². The molecule has 4 aromatic rings. The van der Waals surface area contributed by atoms with Gasteiger partial charge >= 0.3 is 0 Å². The molecule has 0 aliphatic carbocycles. The van der Waals surface area contributed by atoms with Crippen molar-refractivity contribution in [3.63, 3.8) is 0 Å². The van der Waals surface area contributed by atoms with Gasteiger partial charge in [-0.25, -0.2) is 4.68 Å². The standard InChI is InChI=1S/C16H11ClN6O/c1-10-14(19-22-23(10)11-5-4-8-18-9-11)16-21-20-15(24-16)12-6-2-3-7-13(12)17/h2-9H,1H3. The quantitative estimate of drug-likeness (QED) is 0.569. The monoisotopic (exact) mass is 338 g/mol. The molecule has 0 aliphatic rings. The molecule has 3 aromatic heterocycles. The molecule has 0 fully saturated rings. The third kappa shape index (κ3) is 2.44. The molecule has 0 radical (unpaired) electrons. The zero-order valence-electron chi connectivity index (χ0n) is 12.6. The van der Waals surface area contributed by atoms with Crippen LogP contribution in [0, 0.1) is 6.92 Å². The molecular formula is C16H11ClN6O. The predicted molar refractivity (Wildman–Crippen MR) is 87.6 cm³/mol. The molecule has 0 amide bonds. The Labute approximate surface area is 141 Å². The summed E-state index contributed by atoms with van der Waals surface area (Å²) in [6.07, 6.45) is 3.40. The summed E-state index contributed by atoms with van der Waals surface area (Å²) in [6.45, 7) is 1.88. The topological polar surface area (TPSA) is 82.5 Å². The molecule has 8 heteroatoms. The number of benzene rings is 1. The first-order valence-corrected chi connectivity index (χ1v) is 7.53. The van der Waals surface area contributed by atoms with Crippen molar-refractivity contribution in [3.05, 3.63) is 59.5 Å². The molecule has 0 spiro atoms. The van der Waals surface area contributed by atoms with Gasteiger partial charge in [0.15, 0.2) is 5.69 Å². The summed E-state index contributed by atoms with van der Waals surface area (Å²) in [5.74, 6) is 0.628. The molecular weight excluding hydrogens is 328 g/mol. The van der Waals surface area contributed by atoms with Crippen LogP contribution >= 0.6 is 11.6 Å². The second-order valence-electron chi connectivity index (χ2n) is 5.04. The lowest BCUT2D eigenvalue weighted by Gasteiger charge is -2.01. The maximum Gasteiger partial charge on any atom is 0.270 e. The SMILES string of the molecule is Cc1c(-c2nnc(-c3ccccc3Cl)o2)nnn1-c1cccnc1. The van der Waals surface area contributed by atoms with Crippen molar-refractivity contribution in [2.75, 3.05) is 0 Å². The summed E-state index contributed by atoms with van der Waals surface area (Å²) in [5, 5.41) is 16.9. The molecule has 118 valence electrons. The summed E-state index contributed by atoms with van der Waals surface area (Å²) >= 11 is 6.16. The van der Waals surface area contributed by atoms with Gasteiger partial charge in [-0.05, 0) is 31.2 Å². The Morgan fingerprint density at radius 2 is 1.83 bits per heavy atom. The highest BCUT2D eigenvalue weighted by Crippen LogP contribution is 2.29. The molecule has 0 bridgehead atoms. The fourth-order valence-corrected chi connectivity index (χ4v) is 2.53. The number of aromatic nitrogens is 6. The van der Waals surface area contributed by atoms with E-state index in [4.69, 9.17) is 16.0 Å². The highest BCUT2D eigenvalue weighted by molar-refractivity contribution is 6.33. The number of pyridine rings is 1. The average Bonchev–Trinajstić information content (AvgIpc) is 3.23. The minimum absolute atomic E-state index is 0.289. The number of hydrogen-bond donors (Lipinski definition) is 0. The highest BCUT2D eigenvalue weighted by atomic mass is 35.5. The van der Waals surface area contributed by atoms with Crippen LogP contribution in [0.25, 0.3) is 28.7 Å². The maximum atomic E-state index is 6.16. The van der Waals surface area contributed by atoms with Gasteiger partial charge in [0.1, 0.15) is 0 Å². The van der Waals surface area contributed by atoms with E-state index >= 15 is 0 Å². The molecule has 0 saturated carbocycles. The number of nitrogens with zero attached hydrogens (tertiary/aromatic N) is 6. The highest BCUT2D eigenvalue weighted by Gasteiger charge is 2.19. The Morgan fingerprint density at radius 3 is 2.62 bits per heavy atom. The van der Waals surface area contributed by atoms with Crippen LogP contribution in [-0.2, 0) is 0 Å². The van der Waals surface area contributed by atoms with Crippen molar-refractivity contribution >= 4 is 11.6 Å². The smallest absolute Gasteiger partial charge is 0.270 e. The van der Waals surface area contributed by atoms with E-state index in [-0.39, 0.29) is 5.89 Å². The predicted octanol–water partition coefficient (Wildman–Crippen LogP) is 3.34. The maximum absolute atomic E-state index is 6.16. The van der Waals surface area contributed by atoms with E-state index in [1.165, 1.54) is 0 Å². The minimum atomic E-state index is 0.289. The van der Waals surface area contributed by atoms with E-state index in [1.54, 1.807) is 23.1 Å². The minimum Gasteiger partial charge on any atom is -0.414 e. The van der Waals surface area contributed by atoms with Gasteiger partial charge in [-0.2, -0.15) is 0 Å². The van der Waals surface area contributed by atoms with Crippen LogP contribution in [0.15, 0.2) is 53.2 Å². The van der Waals surface area contributed by atoms with Gasteiger partial charge in [0, 0.05) is 6.20 Å². The lowest BCUT2D eigenvalue weighted by atomic mass is 10.2. The van der Waals surface area contributed by atoms with E-state index in [9.17, 15) is 0 Å². The van der Waals surface area contributed by atoms with Crippen LogP contribution in [0.1, 0.15) is 5.69 Å². The van der Waals surface area contributed by atoms with Gasteiger partial charge in [0.2, 0.25) is 5.89 Å². The largest absolute Gasteiger partial charge is 0.414 e. The molecule has 0 unspecified atom stereocenters. The van der Waals surface area contributed by atoms with Crippen molar-refractivity contribution in [2.45, 2.75) is 6.92 Å². The van der Waals surface area contributed by atoms with E-state index < -0.39 is 0 Å². The summed E-state index contributed by atoms with van der Waals surface area (Å²) in [7, 11) is 0. The van der Waals surface area contributed by atoms with Gasteiger partial charge < -0.3 is 4.42 Å². The van der Waals surface area contributed by atoms with Crippen LogP contribution in [-0.4, -0.2) is 30.2 Å². The van der Waals surface area contributed by atoms with Crippen molar-refractivity contribution in [2.24, 2.45) is 0 Å². The summed E-state index contributed by atoms with van der Waals surface area (Å²) in [5.41, 5.74) is 2.77. The lowest BCUT2D eigenvalue weighted by Crippen LogP contribution is -1.99. The van der Waals surface area contributed by atoms with Crippen LogP contribution in [0.2, 0.25) is 5.02 Å². The van der Waals surface area contributed by atoms with Crippen molar-refractivity contribution < 1.29 is 4.42 Å². The molecule has 0 aliphatic heterocycles. The fraction of sp³-hybridized carbons (Fsp3) is 0.0625. The number of hydrogen-bond acceptors (Lipinski definition) is 6. The number of halogens is 1. The molecule has 1 aromatic carbocycles. The molecule has 24 heavy (non-hydrogen) atoms. The third-order valence-electron chi connectivity index (χ3n) is 3.52. The molecule has 0 saturated heterocycles. The molecule has 7 nitrogen and oxygen atoms in total. The Hall–Kier alpha value is -3.06. The van der Waals surface area contributed by atoms with Crippen molar-refractivity contribution in [3.8, 4) is 28.7 Å². The normalized spacial score (nSPS) is 10.9. The Balaban J connectivity index is 1.74. The summed E-state index contributed by atoms with van der Waals surface area (Å²) in [6, 6.07) is 11.0. The second kappa shape index (κ2) is 5.86. The van der Waals surface area contributed by atoms with Gasteiger partial charge in [-0.3, -0.25) is 4.98 Å². The van der Waals surface area contributed by atoms with Crippen LogP contribution in [0.3, 0.4) is 0 Å². The van der Waals surface area contributed by atoms with Crippen LogP contribution in [0.5, 0.6) is 0 Å². The summed E-state index contributed by atoms with van der Waals surface area (Å²) < 4.78 is 7.40. The Bertz CT molecular complexity index is 995. The first-order chi connectivity index (χ1) is 11.7. The second-order valence-corrected chi connectivity index (χ2v) is 5.45. The van der Waals surface area contributed by atoms with Gasteiger partial charge in [0.25, 0.3) is 5.89 Å². The zero-order chi connectivity index (χ0) is 16.5. The molecule has 0 N–H and O–H groups in total. The molecule has 0 atom stereocenters.